The summed E-state index contributed by atoms with van der Waals surface area (Å²) >= 11 is 6.42. The second kappa shape index (κ2) is 10.5. The lowest BCUT2D eigenvalue weighted by Crippen LogP contribution is -2.53. The van der Waals surface area contributed by atoms with Gasteiger partial charge in [-0.05, 0) is 111 Å². The first-order valence-electron chi connectivity index (χ1n) is 15.7. The van der Waals surface area contributed by atoms with Crippen LogP contribution < -0.4 is 14.4 Å². The Kier molecular flexibility index (Phi) is 7.14. The number of fused-ring (bicyclic) bond motifs is 7. The van der Waals surface area contributed by atoms with E-state index in [0.717, 1.165) is 68.1 Å². The Bertz CT molecular complexity index is 1590. The molecule has 7 nitrogen and oxygen atoms in total. The van der Waals surface area contributed by atoms with Crippen LogP contribution in [0.4, 0.5) is 5.69 Å². The third kappa shape index (κ3) is 4.79. The van der Waals surface area contributed by atoms with Crippen molar-refractivity contribution in [2.24, 2.45) is 23.7 Å². The zero-order chi connectivity index (χ0) is 30.1. The normalized spacial score (nSPS) is 36.2. The highest BCUT2D eigenvalue weighted by Gasteiger charge is 2.52. The van der Waals surface area contributed by atoms with Crippen LogP contribution >= 0.6 is 11.6 Å². The maximum absolute atomic E-state index is 13.5. The van der Waals surface area contributed by atoms with Gasteiger partial charge in [-0.1, -0.05) is 36.7 Å². The van der Waals surface area contributed by atoms with Gasteiger partial charge in [0, 0.05) is 36.2 Å². The summed E-state index contributed by atoms with van der Waals surface area (Å²) in [7, 11) is -2.13. The Morgan fingerprint density at radius 2 is 1.98 bits per heavy atom. The number of nitrogens with one attached hydrogen (secondary N) is 1. The molecule has 1 saturated carbocycles. The van der Waals surface area contributed by atoms with Gasteiger partial charge in [0.15, 0.2) is 0 Å². The molecule has 0 saturated heterocycles. The Hall–Kier alpha value is -2.55. The fraction of sp³-hybridized carbons (Fsp3) is 0.559. The van der Waals surface area contributed by atoms with E-state index in [1.54, 1.807) is 20.1 Å². The lowest BCUT2D eigenvalue weighted by molar-refractivity contribution is -0.0809. The van der Waals surface area contributed by atoms with Crippen molar-refractivity contribution in [3.8, 4) is 5.75 Å². The molecule has 7 rings (SSSR count). The summed E-state index contributed by atoms with van der Waals surface area (Å²) in [6, 6.07) is 11.6. The Balaban J connectivity index is 1.34. The molecule has 0 aromatic heterocycles. The maximum atomic E-state index is 13.5. The molecule has 9 heteroatoms. The van der Waals surface area contributed by atoms with Gasteiger partial charge < -0.3 is 14.4 Å². The highest BCUT2D eigenvalue weighted by atomic mass is 35.5. The molecule has 4 bridgehead atoms. The second-order valence-corrected chi connectivity index (χ2v) is 16.1. The Morgan fingerprint density at radius 1 is 1.14 bits per heavy atom. The smallest absolute Gasteiger partial charge is 0.264 e. The van der Waals surface area contributed by atoms with E-state index in [4.69, 9.17) is 21.1 Å². The van der Waals surface area contributed by atoms with Crippen molar-refractivity contribution in [2.75, 3.05) is 31.7 Å². The molecular weight excluding hydrogens is 584 g/mol. The fourth-order valence-corrected chi connectivity index (χ4v) is 10.1. The zero-order valence-electron chi connectivity index (χ0n) is 25.1. The number of halogens is 1. The zero-order valence-corrected chi connectivity index (χ0v) is 26.7. The minimum atomic E-state index is -3.92. The molecule has 43 heavy (non-hydrogen) atoms. The third-order valence-corrected chi connectivity index (χ3v) is 13.6. The predicted molar refractivity (Wildman–Crippen MR) is 168 cm³/mol. The number of anilines is 1. The molecule has 1 spiro atoms. The van der Waals surface area contributed by atoms with Crippen LogP contribution in [0.2, 0.25) is 5.02 Å². The summed E-state index contributed by atoms with van der Waals surface area (Å²) < 4.78 is 42.3. The third-order valence-electron chi connectivity index (χ3n) is 11.5. The van der Waals surface area contributed by atoms with Gasteiger partial charge in [0.05, 0.1) is 23.1 Å². The summed E-state index contributed by atoms with van der Waals surface area (Å²) in [4.78, 5) is 15.9. The largest absolute Gasteiger partial charge is 0.490 e. The average molecular weight is 625 g/mol. The lowest BCUT2D eigenvalue weighted by atomic mass is 9.63. The number of carbonyl (C=O) groups is 1. The Morgan fingerprint density at radius 3 is 2.74 bits per heavy atom. The molecule has 2 aromatic carbocycles. The monoisotopic (exact) mass is 624 g/mol. The SMILES string of the molecule is COC12C=C[C@@H](C1)[C@H](C)[C@@H](C)S(=O)(=O)NC(=O)c1ccc3c(c1)N(C[C@@H]1CC[C@H]12)C[C@@]1(CCCc2cc(Cl)ccc21)CO3. The molecule has 2 aromatic rings. The minimum Gasteiger partial charge on any atom is -0.490 e. The van der Waals surface area contributed by atoms with Gasteiger partial charge in [-0.2, -0.15) is 0 Å². The molecule has 230 valence electrons. The van der Waals surface area contributed by atoms with E-state index >= 15 is 0 Å². The van der Waals surface area contributed by atoms with Gasteiger partial charge in [0.25, 0.3) is 5.91 Å². The first-order valence-corrected chi connectivity index (χ1v) is 17.6. The number of ether oxygens (including phenoxy) is 2. The Labute approximate surface area is 260 Å². The van der Waals surface area contributed by atoms with E-state index in [2.05, 4.69) is 33.9 Å². The van der Waals surface area contributed by atoms with Crippen LogP contribution in [0.1, 0.15) is 67.4 Å². The summed E-state index contributed by atoms with van der Waals surface area (Å²) in [5.74, 6) is 0.687. The number of methoxy groups -OCH3 is 1. The van der Waals surface area contributed by atoms with Gasteiger partial charge in [-0.3, -0.25) is 4.79 Å². The molecule has 2 aliphatic heterocycles. The highest BCUT2D eigenvalue weighted by Crippen LogP contribution is 2.53. The van der Waals surface area contributed by atoms with Gasteiger partial charge in [-0.25, -0.2) is 13.1 Å². The van der Waals surface area contributed by atoms with E-state index in [1.165, 1.54) is 11.1 Å². The van der Waals surface area contributed by atoms with Crippen molar-refractivity contribution < 1.29 is 22.7 Å². The number of allylic oxidation sites excluding steroid dienone is 1. The van der Waals surface area contributed by atoms with Gasteiger partial charge in [0.2, 0.25) is 10.0 Å². The minimum absolute atomic E-state index is 0.0427. The molecular formula is C34H41ClN2O5S. The van der Waals surface area contributed by atoms with Crippen molar-refractivity contribution >= 4 is 33.2 Å². The molecule has 1 amide bonds. The number of sulfonamides is 1. The van der Waals surface area contributed by atoms with Crippen LogP contribution in [0.15, 0.2) is 48.6 Å². The lowest BCUT2D eigenvalue weighted by Gasteiger charge is -2.50. The number of rotatable bonds is 1. The van der Waals surface area contributed by atoms with Crippen molar-refractivity contribution in [1.82, 2.24) is 4.72 Å². The quantitative estimate of drug-likeness (QED) is 0.398. The van der Waals surface area contributed by atoms with Crippen LogP contribution in [-0.4, -0.2) is 52.0 Å². The van der Waals surface area contributed by atoms with Crippen molar-refractivity contribution in [3.63, 3.8) is 0 Å². The molecule has 3 aliphatic carbocycles. The first kappa shape index (κ1) is 29.2. The van der Waals surface area contributed by atoms with Crippen LogP contribution in [-0.2, 0) is 26.6 Å². The number of hydrogen-bond acceptors (Lipinski definition) is 6. The number of nitrogens with zero attached hydrogens (tertiary/aromatic N) is 1. The van der Waals surface area contributed by atoms with E-state index in [1.807, 2.05) is 25.1 Å². The number of carbonyl (C=O) groups excluding carboxylic acids is 1. The van der Waals surface area contributed by atoms with Crippen molar-refractivity contribution in [2.45, 2.75) is 68.6 Å². The molecule has 2 heterocycles. The standard InChI is InChI=1S/C34H41ClN2O5S/c1-21-22(2)43(39,40)36-32(38)24-7-11-31-30(16-24)37(18-26-6-9-29(26)34(41-3)14-12-25(21)17-34)19-33(20-42-31)13-4-5-23-15-27(35)8-10-28(23)33/h7-8,10-12,14-16,21-22,25-26,29H,4-6,9,13,17-20H2,1-3H3,(H,36,38)/t21-,22-,25+,26+,29-,33+,34?/m1/s1. The van der Waals surface area contributed by atoms with Gasteiger partial charge in [0.1, 0.15) is 5.75 Å². The van der Waals surface area contributed by atoms with Gasteiger partial charge >= 0.3 is 0 Å². The molecule has 1 unspecified atom stereocenters. The van der Waals surface area contributed by atoms with E-state index in [-0.39, 0.29) is 17.3 Å². The van der Waals surface area contributed by atoms with E-state index < -0.39 is 26.8 Å². The summed E-state index contributed by atoms with van der Waals surface area (Å²) in [6.07, 6.45) is 10.3. The predicted octanol–water partition coefficient (Wildman–Crippen LogP) is 5.90. The maximum Gasteiger partial charge on any atom is 0.264 e. The molecule has 1 fully saturated rings. The van der Waals surface area contributed by atoms with Crippen molar-refractivity contribution in [3.05, 3.63) is 70.3 Å². The average Bonchev–Trinajstić information content (AvgIpc) is 3.34. The van der Waals surface area contributed by atoms with Crippen LogP contribution in [0.5, 0.6) is 5.75 Å². The number of amides is 1. The van der Waals surface area contributed by atoms with Crippen LogP contribution in [0, 0.1) is 23.7 Å². The van der Waals surface area contributed by atoms with Crippen LogP contribution in [0.3, 0.4) is 0 Å². The molecule has 5 aliphatic rings. The summed E-state index contributed by atoms with van der Waals surface area (Å²) in [5, 5.41) is 0.00337. The molecule has 7 atom stereocenters. The topological polar surface area (TPSA) is 84.9 Å². The number of aryl methyl sites for hydroxylation is 1. The first-order chi connectivity index (χ1) is 20.5. The second-order valence-electron chi connectivity index (χ2n) is 13.7. The summed E-state index contributed by atoms with van der Waals surface area (Å²) in [6.45, 7) is 5.75. The number of hydrogen-bond donors (Lipinski definition) is 1. The highest BCUT2D eigenvalue weighted by molar-refractivity contribution is 7.90. The summed E-state index contributed by atoms with van der Waals surface area (Å²) in [5.41, 5.74) is 3.08. The van der Waals surface area contributed by atoms with Crippen molar-refractivity contribution in [1.29, 1.82) is 0 Å². The van der Waals surface area contributed by atoms with E-state index in [0.29, 0.717) is 24.0 Å². The van der Waals surface area contributed by atoms with Gasteiger partial charge in [-0.15, -0.1) is 0 Å². The van der Waals surface area contributed by atoms with E-state index in [9.17, 15) is 13.2 Å². The molecule has 0 radical (unpaired) electrons. The number of benzene rings is 2. The fourth-order valence-electron chi connectivity index (χ4n) is 8.61. The van der Waals surface area contributed by atoms with Crippen LogP contribution in [0.25, 0.3) is 0 Å². The molecule has 1 N–H and O–H groups in total.